The highest BCUT2D eigenvalue weighted by Crippen LogP contribution is 2.19. The number of rotatable bonds is 8. The number of carbonyl (C=O) groups is 1. The molecular formula is C19H23ClN4O2S. The number of aromatic hydroxyl groups is 1. The second-order valence-corrected chi connectivity index (χ2v) is 7.12. The van der Waals surface area contributed by atoms with E-state index in [1.807, 2.05) is 31.2 Å². The molecule has 2 rings (SSSR count). The minimum Gasteiger partial charge on any atom is -0.508 e. The fourth-order valence-electron chi connectivity index (χ4n) is 2.11. The van der Waals surface area contributed by atoms with Crippen molar-refractivity contribution in [1.82, 2.24) is 10.6 Å². The lowest BCUT2D eigenvalue weighted by molar-refractivity contribution is -0.114. The van der Waals surface area contributed by atoms with Crippen molar-refractivity contribution in [2.45, 2.75) is 11.8 Å². The molecule has 0 unspecified atom stereocenters. The second-order valence-electron chi connectivity index (χ2n) is 5.52. The number of nitrogens with one attached hydrogen (secondary N) is 3. The van der Waals surface area contributed by atoms with E-state index in [0.717, 1.165) is 15.7 Å². The second kappa shape index (κ2) is 11.4. The molecular weight excluding hydrogens is 384 g/mol. The van der Waals surface area contributed by atoms with Crippen LogP contribution in [0.2, 0.25) is 5.02 Å². The number of anilines is 1. The Morgan fingerprint density at radius 2 is 1.81 bits per heavy atom. The Labute approximate surface area is 168 Å². The van der Waals surface area contributed by atoms with Gasteiger partial charge in [0.25, 0.3) is 0 Å². The standard InChI is InChI=1S/C19H23ClN4O2S/c1-2-21-19(22-11-12-27-17-9-3-14(20)4-10-17)23-13-18(26)24-15-5-7-16(25)8-6-15/h3-10,25H,2,11-13H2,1H3,(H,24,26)(H2,21,22,23). The van der Waals surface area contributed by atoms with Crippen molar-refractivity contribution >= 4 is 40.9 Å². The maximum atomic E-state index is 12.0. The van der Waals surface area contributed by atoms with E-state index < -0.39 is 0 Å². The lowest BCUT2D eigenvalue weighted by Crippen LogP contribution is -2.39. The number of benzene rings is 2. The maximum absolute atomic E-state index is 12.0. The zero-order chi connectivity index (χ0) is 19.5. The molecule has 0 aromatic heterocycles. The number of aliphatic imine (C=N–C) groups is 1. The van der Waals surface area contributed by atoms with Crippen molar-refractivity contribution in [3.05, 3.63) is 53.6 Å². The van der Waals surface area contributed by atoms with E-state index in [4.69, 9.17) is 11.6 Å². The highest BCUT2D eigenvalue weighted by Gasteiger charge is 2.03. The fourth-order valence-corrected chi connectivity index (χ4v) is 3.00. The maximum Gasteiger partial charge on any atom is 0.246 e. The largest absolute Gasteiger partial charge is 0.508 e. The highest BCUT2D eigenvalue weighted by atomic mass is 35.5. The quantitative estimate of drug-likeness (QED) is 0.178. The zero-order valence-electron chi connectivity index (χ0n) is 15.0. The van der Waals surface area contributed by atoms with Crippen molar-refractivity contribution in [2.24, 2.45) is 4.99 Å². The van der Waals surface area contributed by atoms with Gasteiger partial charge in [0.2, 0.25) is 5.91 Å². The molecule has 8 heteroatoms. The first-order chi connectivity index (χ1) is 13.1. The Morgan fingerprint density at radius 1 is 1.11 bits per heavy atom. The van der Waals surface area contributed by atoms with E-state index in [2.05, 4.69) is 20.9 Å². The number of carbonyl (C=O) groups excluding carboxylic acids is 1. The smallest absolute Gasteiger partial charge is 0.246 e. The Kier molecular flexibility index (Phi) is 8.80. The van der Waals surface area contributed by atoms with Gasteiger partial charge in [-0.1, -0.05) is 11.6 Å². The van der Waals surface area contributed by atoms with Crippen LogP contribution in [0.4, 0.5) is 5.69 Å². The third kappa shape index (κ3) is 8.23. The van der Waals surface area contributed by atoms with Gasteiger partial charge in [-0.2, -0.15) is 0 Å². The average molecular weight is 407 g/mol. The summed E-state index contributed by atoms with van der Waals surface area (Å²) in [7, 11) is 0. The van der Waals surface area contributed by atoms with E-state index in [-0.39, 0.29) is 18.2 Å². The summed E-state index contributed by atoms with van der Waals surface area (Å²) in [6, 6.07) is 14.0. The number of halogens is 1. The number of hydrogen-bond donors (Lipinski definition) is 4. The number of thioether (sulfide) groups is 1. The molecule has 0 fully saturated rings. The summed E-state index contributed by atoms with van der Waals surface area (Å²) in [5.41, 5.74) is 0.616. The summed E-state index contributed by atoms with van der Waals surface area (Å²) in [5, 5.41) is 19.0. The molecule has 2 aromatic carbocycles. The van der Waals surface area contributed by atoms with Gasteiger partial charge in [-0.25, -0.2) is 4.99 Å². The molecule has 0 bridgehead atoms. The first-order valence-corrected chi connectivity index (χ1v) is 9.92. The third-order valence-electron chi connectivity index (χ3n) is 3.35. The molecule has 4 N–H and O–H groups in total. The lowest BCUT2D eigenvalue weighted by Gasteiger charge is -2.11. The SMILES string of the molecule is CCNC(=NCC(=O)Nc1ccc(O)cc1)NCCSc1ccc(Cl)cc1. The number of nitrogens with zero attached hydrogens (tertiary/aromatic N) is 1. The summed E-state index contributed by atoms with van der Waals surface area (Å²) in [6.07, 6.45) is 0. The molecule has 0 spiro atoms. The van der Waals surface area contributed by atoms with Gasteiger partial charge >= 0.3 is 0 Å². The predicted octanol–water partition coefficient (Wildman–Crippen LogP) is 3.33. The van der Waals surface area contributed by atoms with Gasteiger partial charge in [0.15, 0.2) is 5.96 Å². The molecule has 0 aliphatic rings. The van der Waals surface area contributed by atoms with E-state index in [1.54, 1.807) is 23.9 Å². The number of hydrogen-bond acceptors (Lipinski definition) is 4. The Hall–Kier alpha value is -2.38. The Morgan fingerprint density at radius 3 is 2.48 bits per heavy atom. The van der Waals surface area contributed by atoms with Crippen molar-refractivity contribution in [2.75, 3.05) is 30.7 Å². The van der Waals surface area contributed by atoms with E-state index in [9.17, 15) is 9.90 Å². The van der Waals surface area contributed by atoms with Crippen LogP contribution in [0.15, 0.2) is 58.4 Å². The molecule has 27 heavy (non-hydrogen) atoms. The monoisotopic (exact) mass is 406 g/mol. The van der Waals surface area contributed by atoms with Crippen LogP contribution in [-0.4, -0.2) is 42.4 Å². The number of phenols is 1. The van der Waals surface area contributed by atoms with Crippen LogP contribution in [0.25, 0.3) is 0 Å². The van der Waals surface area contributed by atoms with Gasteiger partial charge < -0.3 is 21.1 Å². The van der Waals surface area contributed by atoms with Crippen LogP contribution < -0.4 is 16.0 Å². The van der Waals surface area contributed by atoms with Crippen LogP contribution in [-0.2, 0) is 4.79 Å². The summed E-state index contributed by atoms with van der Waals surface area (Å²) in [6.45, 7) is 3.38. The average Bonchev–Trinajstić information content (AvgIpc) is 2.66. The van der Waals surface area contributed by atoms with E-state index in [1.165, 1.54) is 12.1 Å². The number of phenolic OH excluding ortho intramolecular Hbond substituents is 1. The summed E-state index contributed by atoms with van der Waals surface area (Å²) >= 11 is 7.59. The van der Waals surface area contributed by atoms with Crippen LogP contribution in [0.1, 0.15) is 6.92 Å². The Balaban J connectivity index is 1.76. The van der Waals surface area contributed by atoms with Gasteiger partial charge in [0.1, 0.15) is 12.3 Å². The molecule has 6 nitrogen and oxygen atoms in total. The van der Waals surface area contributed by atoms with Gasteiger partial charge in [0.05, 0.1) is 0 Å². The zero-order valence-corrected chi connectivity index (χ0v) is 16.6. The molecule has 2 aromatic rings. The molecule has 0 saturated carbocycles. The van der Waals surface area contributed by atoms with Crippen molar-refractivity contribution < 1.29 is 9.90 Å². The van der Waals surface area contributed by atoms with Crippen molar-refractivity contribution in [3.63, 3.8) is 0 Å². The lowest BCUT2D eigenvalue weighted by atomic mass is 10.3. The topological polar surface area (TPSA) is 85.8 Å². The minimum absolute atomic E-state index is 0.000533. The van der Waals surface area contributed by atoms with Gasteiger partial charge in [0, 0.05) is 34.4 Å². The molecule has 0 aliphatic carbocycles. The normalized spacial score (nSPS) is 11.1. The molecule has 0 aliphatic heterocycles. The Bertz CT molecular complexity index is 751. The van der Waals surface area contributed by atoms with E-state index in [0.29, 0.717) is 24.7 Å². The van der Waals surface area contributed by atoms with Crippen LogP contribution in [0, 0.1) is 0 Å². The van der Waals surface area contributed by atoms with Crippen LogP contribution in [0.5, 0.6) is 5.75 Å². The van der Waals surface area contributed by atoms with E-state index >= 15 is 0 Å². The van der Waals surface area contributed by atoms with Crippen LogP contribution in [0.3, 0.4) is 0 Å². The molecule has 144 valence electrons. The first kappa shape index (κ1) is 20.9. The fraction of sp³-hybridized carbons (Fsp3) is 0.263. The number of amides is 1. The van der Waals surface area contributed by atoms with Crippen molar-refractivity contribution in [3.8, 4) is 5.75 Å². The van der Waals surface area contributed by atoms with Gasteiger partial charge in [-0.05, 0) is 55.5 Å². The highest BCUT2D eigenvalue weighted by molar-refractivity contribution is 7.99. The third-order valence-corrected chi connectivity index (χ3v) is 4.62. The molecule has 1 amide bonds. The summed E-state index contributed by atoms with van der Waals surface area (Å²) in [5.74, 6) is 1.37. The number of guanidine groups is 1. The molecule has 0 radical (unpaired) electrons. The molecule has 0 saturated heterocycles. The molecule has 0 heterocycles. The summed E-state index contributed by atoms with van der Waals surface area (Å²) in [4.78, 5) is 17.4. The molecule has 0 atom stereocenters. The first-order valence-electron chi connectivity index (χ1n) is 8.56. The summed E-state index contributed by atoms with van der Waals surface area (Å²) < 4.78 is 0. The van der Waals surface area contributed by atoms with Crippen LogP contribution >= 0.6 is 23.4 Å². The minimum atomic E-state index is -0.228. The van der Waals surface area contributed by atoms with Crippen molar-refractivity contribution in [1.29, 1.82) is 0 Å². The van der Waals surface area contributed by atoms with Gasteiger partial charge in [-0.15, -0.1) is 11.8 Å². The van der Waals surface area contributed by atoms with Gasteiger partial charge in [-0.3, -0.25) is 4.79 Å². The predicted molar refractivity (Wildman–Crippen MR) is 113 cm³/mol.